The molecule has 6 aromatic carbocycles. The zero-order valence-corrected chi connectivity index (χ0v) is 24.2. The van der Waals surface area contributed by atoms with E-state index in [-0.39, 0.29) is 25.4 Å². The van der Waals surface area contributed by atoms with Gasteiger partial charge in [0.15, 0.2) is 5.78 Å². The minimum absolute atomic E-state index is 0.0981. The Bertz CT molecular complexity index is 2370. The first-order valence-electron chi connectivity index (χ1n) is 13.8. The van der Waals surface area contributed by atoms with Crippen molar-refractivity contribution in [3.63, 3.8) is 0 Å². The molecule has 0 spiro atoms. The number of Topliss-reactive ketones (excluding diaryl/α,β-unsaturated/α-hetero) is 1. The lowest BCUT2D eigenvalue weighted by atomic mass is 9.67. The number of hydrogen-bond acceptors (Lipinski definition) is 5. The lowest BCUT2D eigenvalue weighted by molar-refractivity contribution is -0.120. The van der Waals surface area contributed by atoms with Crippen molar-refractivity contribution in [2.75, 3.05) is 0 Å². The van der Waals surface area contributed by atoms with Gasteiger partial charge in [-0.2, -0.15) is 0 Å². The molecule has 0 N–H and O–H groups in total. The summed E-state index contributed by atoms with van der Waals surface area (Å²) >= 11 is 0. The predicted octanol–water partition coefficient (Wildman–Crippen LogP) is 6.90. The van der Waals surface area contributed by atoms with Crippen LogP contribution in [-0.2, 0) is 24.5 Å². The van der Waals surface area contributed by atoms with Crippen LogP contribution in [0.3, 0.4) is 0 Å². The van der Waals surface area contributed by atoms with Crippen molar-refractivity contribution < 1.29 is 21.6 Å². The third-order valence-corrected chi connectivity index (χ3v) is 13.3. The summed E-state index contributed by atoms with van der Waals surface area (Å²) in [5.74, 6) is -1.93. The summed E-state index contributed by atoms with van der Waals surface area (Å²) in [6.07, 6.45) is 0. The highest BCUT2D eigenvalue weighted by Gasteiger charge is 2.52. The van der Waals surface area contributed by atoms with Crippen molar-refractivity contribution in [2.24, 2.45) is 0 Å². The van der Waals surface area contributed by atoms with Gasteiger partial charge in [-0.1, -0.05) is 60.7 Å². The first kappa shape index (κ1) is 24.3. The quantitative estimate of drug-likeness (QED) is 0.193. The average molecular weight is 587 g/mol. The van der Waals surface area contributed by atoms with Crippen LogP contribution in [0.15, 0.2) is 105 Å². The minimum Gasteiger partial charge on any atom is -0.298 e. The molecule has 9 rings (SSSR count). The molecule has 2 aliphatic heterocycles. The van der Waals surface area contributed by atoms with Crippen molar-refractivity contribution in [3.8, 4) is 0 Å². The number of carbonyl (C=O) groups is 1. The molecule has 0 bridgehead atoms. The van der Waals surface area contributed by atoms with Crippen molar-refractivity contribution in [1.82, 2.24) is 0 Å². The van der Waals surface area contributed by atoms with E-state index in [1.54, 1.807) is 36.4 Å². The average Bonchev–Trinajstić information content (AvgIpc) is 2.97. The zero-order valence-electron chi connectivity index (χ0n) is 22.6. The van der Waals surface area contributed by atoms with Gasteiger partial charge in [0.25, 0.3) is 0 Å². The summed E-state index contributed by atoms with van der Waals surface area (Å²) in [4.78, 5) is 15.7. The maximum Gasteiger partial charge on any atom is 0.207 e. The molecule has 0 saturated carbocycles. The maximum absolute atomic E-state index is 15.2. The van der Waals surface area contributed by atoms with Gasteiger partial charge in [0.05, 0.1) is 31.4 Å². The topological polar surface area (TPSA) is 85.3 Å². The van der Waals surface area contributed by atoms with Gasteiger partial charge in [-0.3, -0.25) is 4.79 Å². The molecule has 7 heteroatoms. The molecular formula is C35H22O5S2. The Labute approximate surface area is 242 Å². The van der Waals surface area contributed by atoms with E-state index in [9.17, 15) is 16.8 Å². The highest BCUT2D eigenvalue weighted by atomic mass is 32.2. The van der Waals surface area contributed by atoms with Gasteiger partial charge in [0.1, 0.15) is 0 Å². The van der Waals surface area contributed by atoms with Gasteiger partial charge in [-0.15, -0.1) is 0 Å². The highest BCUT2D eigenvalue weighted by Crippen LogP contribution is 2.59. The molecule has 0 fully saturated rings. The van der Waals surface area contributed by atoms with Crippen LogP contribution in [0.2, 0.25) is 0 Å². The smallest absolute Gasteiger partial charge is 0.207 e. The van der Waals surface area contributed by atoms with E-state index in [4.69, 9.17) is 0 Å². The van der Waals surface area contributed by atoms with E-state index in [0.29, 0.717) is 38.4 Å². The molecule has 3 aliphatic rings. The molecule has 0 aromatic heterocycles. The van der Waals surface area contributed by atoms with Crippen LogP contribution in [0.25, 0.3) is 32.3 Å². The van der Waals surface area contributed by atoms with E-state index < -0.39 is 31.5 Å². The molecule has 1 aliphatic carbocycles. The number of fused-ring (bicyclic) bond motifs is 8. The maximum atomic E-state index is 15.2. The monoisotopic (exact) mass is 586 g/mol. The lowest BCUT2D eigenvalue weighted by Gasteiger charge is -2.40. The van der Waals surface area contributed by atoms with Crippen molar-refractivity contribution in [1.29, 1.82) is 0 Å². The number of hydrogen-bond donors (Lipinski definition) is 0. The fraction of sp³-hybridized carbons (Fsp3) is 0.114. The third kappa shape index (κ3) is 2.63. The second kappa shape index (κ2) is 7.54. The van der Waals surface area contributed by atoms with Crippen molar-refractivity contribution in [3.05, 3.63) is 118 Å². The Morgan fingerprint density at radius 1 is 0.500 bits per heavy atom. The van der Waals surface area contributed by atoms with Gasteiger partial charge in [-0.25, -0.2) is 16.8 Å². The first-order chi connectivity index (χ1) is 20.1. The molecule has 0 amide bonds. The van der Waals surface area contributed by atoms with Crippen LogP contribution >= 0.6 is 0 Å². The number of benzene rings is 6. The van der Waals surface area contributed by atoms with Crippen LogP contribution in [-0.4, -0.2) is 22.6 Å². The Hall–Kier alpha value is -4.33. The second-order valence-electron chi connectivity index (χ2n) is 11.6. The summed E-state index contributed by atoms with van der Waals surface area (Å²) in [5, 5.41) is 4.54. The summed E-state index contributed by atoms with van der Waals surface area (Å²) in [5.41, 5.74) is 3.29. The molecule has 42 heavy (non-hydrogen) atoms. The summed E-state index contributed by atoms with van der Waals surface area (Å²) in [7, 11) is -8.01. The molecule has 6 aromatic rings. The summed E-state index contributed by atoms with van der Waals surface area (Å²) in [6.45, 7) is 3.73. The highest BCUT2D eigenvalue weighted by molar-refractivity contribution is 7.92. The van der Waals surface area contributed by atoms with E-state index >= 15 is 4.79 Å². The Balaban J connectivity index is 1.58. The number of carbonyl (C=O) groups excluding carboxylic acids is 1. The molecular weight excluding hydrogens is 565 g/mol. The number of sulfone groups is 2. The normalized spacial score (nSPS) is 20.5. The Kier molecular flexibility index (Phi) is 4.36. The molecule has 2 heterocycles. The molecule has 0 saturated heterocycles. The van der Waals surface area contributed by atoms with Crippen LogP contribution in [0.5, 0.6) is 0 Å². The fourth-order valence-corrected chi connectivity index (χ4v) is 11.6. The standard InChI is InChI=1S/C35H22O5S2/c1-17-15-25-30-32-27(17)18(2)16-26-31(32)34(29-22-10-6-4-8-20(22)12-14-24(29)42(26,39)40)35(36)33(30)28-21-9-5-3-7-19(21)11-13-23(28)41(25,37)38/h3-16,33-34H,1-2H3. The molecule has 2 atom stereocenters. The Morgan fingerprint density at radius 2 is 0.929 bits per heavy atom. The zero-order chi connectivity index (χ0) is 28.9. The van der Waals surface area contributed by atoms with Crippen LogP contribution in [0.1, 0.15) is 45.2 Å². The van der Waals surface area contributed by atoms with Crippen molar-refractivity contribution >= 4 is 57.8 Å². The molecule has 0 radical (unpaired) electrons. The lowest BCUT2D eigenvalue weighted by Crippen LogP contribution is -2.36. The van der Waals surface area contributed by atoms with E-state index in [1.807, 2.05) is 62.4 Å². The third-order valence-electron chi connectivity index (χ3n) is 9.55. The van der Waals surface area contributed by atoms with E-state index in [2.05, 4.69) is 0 Å². The van der Waals surface area contributed by atoms with E-state index in [0.717, 1.165) is 27.3 Å². The van der Waals surface area contributed by atoms with Crippen LogP contribution < -0.4 is 0 Å². The molecule has 5 nitrogen and oxygen atoms in total. The minimum atomic E-state index is -4.00. The SMILES string of the molecule is Cc1cc2c3c4c5c(cc(C)c14)S(=O)(=O)c1ccc4ccccc4c1C5C(=O)C3c1c(ccc3ccccc13)S2(=O)=O. The molecule has 204 valence electrons. The molecule has 2 unspecified atom stereocenters. The number of aryl methyl sites for hydroxylation is 2. The van der Waals surface area contributed by atoms with Crippen molar-refractivity contribution in [2.45, 2.75) is 45.3 Å². The van der Waals surface area contributed by atoms with Gasteiger partial charge in [0.2, 0.25) is 19.7 Å². The summed E-state index contributed by atoms with van der Waals surface area (Å²) in [6, 6.07) is 25.3. The van der Waals surface area contributed by atoms with E-state index in [1.165, 1.54) is 0 Å². The second-order valence-corrected chi connectivity index (χ2v) is 15.4. The van der Waals surface area contributed by atoms with Gasteiger partial charge >= 0.3 is 0 Å². The number of rotatable bonds is 0. The first-order valence-corrected chi connectivity index (χ1v) is 16.8. The fourth-order valence-electron chi connectivity index (χ4n) is 7.95. The predicted molar refractivity (Wildman–Crippen MR) is 161 cm³/mol. The Morgan fingerprint density at radius 3 is 1.38 bits per heavy atom. The van der Waals surface area contributed by atoms with Gasteiger partial charge < -0.3 is 0 Å². The van der Waals surface area contributed by atoms with Crippen LogP contribution in [0, 0.1) is 13.8 Å². The largest absolute Gasteiger partial charge is 0.298 e. The van der Waals surface area contributed by atoms with Crippen LogP contribution in [0.4, 0.5) is 0 Å². The van der Waals surface area contributed by atoms with Gasteiger partial charge in [0, 0.05) is 0 Å². The summed E-state index contributed by atoms with van der Waals surface area (Å²) < 4.78 is 57.3. The number of ketones is 1. The van der Waals surface area contributed by atoms with Gasteiger partial charge in [-0.05, 0) is 104 Å².